The molecular weight excluding hydrogens is 334 g/mol. The molecule has 7 heteroatoms. The molecule has 1 saturated heterocycles. The van der Waals surface area contributed by atoms with Gasteiger partial charge in [-0.3, -0.25) is 4.90 Å². The summed E-state index contributed by atoms with van der Waals surface area (Å²) in [5.41, 5.74) is 7.38. The van der Waals surface area contributed by atoms with Crippen molar-refractivity contribution >= 4 is 21.6 Å². The van der Waals surface area contributed by atoms with Crippen molar-refractivity contribution in [3.8, 4) is 11.5 Å². The Labute approximate surface area is 132 Å². The zero-order chi connectivity index (χ0) is 15.0. The van der Waals surface area contributed by atoms with Crippen LogP contribution in [-0.2, 0) is 0 Å². The maximum atomic E-state index is 5.99. The van der Waals surface area contributed by atoms with Crippen molar-refractivity contribution in [3.63, 3.8) is 0 Å². The van der Waals surface area contributed by atoms with Crippen LogP contribution in [0.2, 0.25) is 0 Å². The molecule has 3 rings (SSSR count). The van der Waals surface area contributed by atoms with Gasteiger partial charge >= 0.3 is 0 Å². The molecule has 2 N–H and O–H groups in total. The molecule has 1 aromatic heterocycles. The fourth-order valence-corrected chi connectivity index (χ4v) is 2.84. The Kier molecular flexibility index (Phi) is 3.97. The van der Waals surface area contributed by atoms with Crippen molar-refractivity contribution in [2.75, 3.05) is 39.5 Å². The van der Waals surface area contributed by atoms with Gasteiger partial charge < -0.3 is 15.2 Å². The average molecular weight is 352 g/mol. The van der Waals surface area contributed by atoms with E-state index in [9.17, 15) is 0 Å². The van der Waals surface area contributed by atoms with Gasteiger partial charge in [0.2, 0.25) is 0 Å². The van der Waals surface area contributed by atoms with Crippen LogP contribution in [0.25, 0.3) is 11.5 Å². The number of rotatable bonds is 2. The van der Waals surface area contributed by atoms with E-state index in [1.54, 1.807) is 0 Å². The Morgan fingerprint density at radius 1 is 1.33 bits per heavy atom. The largest absolute Gasteiger partial charge is 0.398 e. The molecule has 1 aliphatic heterocycles. The van der Waals surface area contributed by atoms with Gasteiger partial charge in [0.05, 0.1) is 11.6 Å². The van der Waals surface area contributed by atoms with E-state index >= 15 is 0 Å². The fourth-order valence-electron chi connectivity index (χ4n) is 2.48. The van der Waals surface area contributed by atoms with Gasteiger partial charge in [-0.25, -0.2) is 0 Å². The molecule has 21 heavy (non-hydrogen) atoms. The lowest BCUT2D eigenvalue weighted by molar-refractivity contribution is 0.108. The van der Waals surface area contributed by atoms with E-state index in [2.05, 4.69) is 50.0 Å². The summed E-state index contributed by atoms with van der Waals surface area (Å²) in [4.78, 5) is 9.06. The second-order valence-electron chi connectivity index (χ2n) is 5.45. The number of nitrogen functional groups attached to an aromatic ring is 1. The van der Waals surface area contributed by atoms with Crippen LogP contribution in [-0.4, -0.2) is 53.7 Å². The first-order chi connectivity index (χ1) is 10.0. The lowest BCUT2D eigenvalue weighted by Gasteiger charge is -2.35. The summed E-state index contributed by atoms with van der Waals surface area (Å²) >= 11 is 3.43. The number of nitrogens with zero attached hydrogens (tertiary/aromatic N) is 4. The molecule has 0 spiro atoms. The minimum Gasteiger partial charge on any atom is -0.398 e. The first-order valence-corrected chi connectivity index (χ1v) is 7.61. The number of benzene rings is 1. The van der Waals surface area contributed by atoms with E-state index in [-0.39, 0.29) is 6.04 Å². The van der Waals surface area contributed by atoms with E-state index < -0.39 is 0 Å². The van der Waals surface area contributed by atoms with Gasteiger partial charge in [-0.15, -0.1) is 0 Å². The fraction of sp³-hybridized carbons (Fsp3) is 0.429. The van der Waals surface area contributed by atoms with E-state index in [4.69, 9.17) is 10.3 Å². The lowest BCUT2D eigenvalue weighted by Crippen LogP contribution is -2.45. The Bertz CT molecular complexity index is 644. The third-order valence-corrected chi connectivity index (χ3v) is 4.33. The summed E-state index contributed by atoms with van der Waals surface area (Å²) in [7, 11) is 4.19. The van der Waals surface area contributed by atoms with Crippen LogP contribution in [0.4, 0.5) is 5.69 Å². The highest BCUT2D eigenvalue weighted by Gasteiger charge is 2.28. The molecule has 0 amide bonds. The van der Waals surface area contributed by atoms with Crippen molar-refractivity contribution in [3.05, 3.63) is 28.5 Å². The van der Waals surface area contributed by atoms with Crippen molar-refractivity contribution in [1.82, 2.24) is 19.9 Å². The van der Waals surface area contributed by atoms with E-state index in [0.29, 0.717) is 17.4 Å². The Morgan fingerprint density at radius 2 is 2.14 bits per heavy atom. The highest BCUT2D eigenvalue weighted by molar-refractivity contribution is 9.10. The standard InChI is InChI=1S/C14H18BrN5O/c1-19-5-6-20(2)12(8-19)13-17-14(21-18-13)10-7-9(15)3-4-11(10)16/h3-4,7,12H,5-6,8,16H2,1-2H3. The average Bonchev–Trinajstić information content (AvgIpc) is 2.93. The summed E-state index contributed by atoms with van der Waals surface area (Å²) < 4.78 is 6.35. The third kappa shape index (κ3) is 2.95. The number of likely N-dealkylation sites (N-methyl/N-ethyl adjacent to an activating group) is 2. The molecule has 0 radical (unpaired) electrons. The first kappa shape index (κ1) is 14.5. The number of hydrogen-bond acceptors (Lipinski definition) is 6. The minimum atomic E-state index is 0.148. The summed E-state index contributed by atoms with van der Waals surface area (Å²) in [6, 6.07) is 5.75. The predicted molar refractivity (Wildman–Crippen MR) is 84.7 cm³/mol. The summed E-state index contributed by atoms with van der Waals surface area (Å²) in [5.74, 6) is 1.17. The molecule has 1 aromatic carbocycles. The first-order valence-electron chi connectivity index (χ1n) is 6.82. The number of piperazine rings is 1. The number of anilines is 1. The van der Waals surface area contributed by atoms with Crippen LogP contribution < -0.4 is 5.73 Å². The van der Waals surface area contributed by atoms with Crippen molar-refractivity contribution in [2.24, 2.45) is 0 Å². The van der Waals surface area contributed by atoms with E-state index in [1.807, 2.05) is 18.2 Å². The molecule has 1 aliphatic rings. The van der Waals surface area contributed by atoms with Crippen LogP contribution in [0, 0.1) is 0 Å². The zero-order valence-corrected chi connectivity index (χ0v) is 13.7. The topological polar surface area (TPSA) is 71.4 Å². The van der Waals surface area contributed by atoms with Crippen molar-refractivity contribution < 1.29 is 4.52 Å². The van der Waals surface area contributed by atoms with Crippen LogP contribution in [0.3, 0.4) is 0 Å². The van der Waals surface area contributed by atoms with Gasteiger partial charge in [-0.2, -0.15) is 4.98 Å². The van der Waals surface area contributed by atoms with Crippen LogP contribution in [0.5, 0.6) is 0 Å². The van der Waals surface area contributed by atoms with Gasteiger partial charge in [0, 0.05) is 29.8 Å². The van der Waals surface area contributed by atoms with Gasteiger partial charge in [0.1, 0.15) is 0 Å². The summed E-state index contributed by atoms with van der Waals surface area (Å²) in [6.45, 7) is 2.93. The molecule has 1 fully saturated rings. The summed E-state index contributed by atoms with van der Waals surface area (Å²) in [6.07, 6.45) is 0. The number of hydrogen-bond donors (Lipinski definition) is 1. The van der Waals surface area contributed by atoms with Crippen molar-refractivity contribution in [2.45, 2.75) is 6.04 Å². The van der Waals surface area contributed by atoms with E-state index in [1.165, 1.54) is 0 Å². The van der Waals surface area contributed by atoms with Crippen LogP contribution in [0.1, 0.15) is 11.9 Å². The molecule has 1 unspecified atom stereocenters. The molecule has 0 saturated carbocycles. The van der Waals surface area contributed by atoms with E-state index in [0.717, 1.165) is 29.7 Å². The second-order valence-corrected chi connectivity index (χ2v) is 6.36. The number of nitrogens with two attached hydrogens (primary N) is 1. The molecular formula is C14H18BrN5O. The van der Waals surface area contributed by atoms with Crippen molar-refractivity contribution in [1.29, 1.82) is 0 Å². The Morgan fingerprint density at radius 3 is 2.95 bits per heavy atom. The quantitative estimate of drug-likeness (QED) is 0.834. The molecule has 6 nitrogen and oxygen atoms in total. The Balaban J connectivity index is 1.91. The number of aromatic nitrogens is 2. The second kappa shape index (κ2) is 5.75. The van der Waals surface area contributed by atoms with Gasteiger partial charge in [-0.1, -0.05) is 21.1 Å². The molecule has 1 atom stereocenters. The number of halogens is 1. The maximum Gasteiger partial charge on any atom is 0.260 e. The van der Waals surface area contributed by atoms with Gasteiger partial charge in [0.15, 0.2) is 5.82 Å². The maximum absolute atomic E-state index is 5.99. The SMILES string of the molecule is CN1CCN(C)C(c2noc(-c3cc(Br)ccc3N)n2)C1. The Hall–Kier alpha value is -1.44. The highest BCUT2D eigenvalue weighted by atomic mass is 79.9. The third-order valence-electron chi connectivity index (χ3n) is 3.84. The zero-order valence-electron chi connectivity index (χ0n) is 12.1. The minimum absolute atomic E-state index is 0.148. The molecule has 2 aromatic rings. The smallest absolute Gasteiger partial charge is 0.260 e. The van der Waals surface area contributed by atoms with Gasteiger partial charge in [0.25, 0.3) is 5.89 Å². The molecule has 0 aliphatic carbocycles. The molecule has 0 bridgehead atoms. The summed E-state index contributed by atoms with van der Waals surface area (Å²) in [5, 5.41) is 4.15. The highest BCUT2D eigenvalue weighted by Crippen LogP contribution is 2.29. The predicted octanol–water partition coefficient (Wildman–Crippen LogP) is 2.00. The monoisotopic (exact) mass is 351 g/mol. The lowest BCUT2D eigenvalue weighted by atomic mass is 10.1. The molecule has 2 heterocycles. The normalized spacial score (nSPS) is 20.8. The van der Waals surface area contributed by atoms with Crippen LogP contribution >= 0.6 is 15.9 Å². The van der Waals surface area contributed by atoms with Crippen LogP contribution in [0.15, 0.2) is 27.2 Å². The van der Waals surface area contributed by atoms with Gasteiger partial charge in [-0.05, 0) is 32.3 Å². The molecule has 112 valence electrons.